The minimum Gasteiger partial charge on any atom is -0.494 e. The molecule has 0 bridgehead atoms. The molecular weight excluding hydrogens is 492 g/mol. The van der Waals surface area contributed by atoms with E-state index in [-0.39, 0.29) is 10.6 Å². The third-order valence-electron chi connectivity index (χ3n) is 4.54. The molecule has 0 amide bonds. The SMILES string of the molecule is CCCOc1ccc(C(=O)Oc2ccc(/C=N/NS(=O)(=O)c3ccc(Cl)cc3)cc2OCC)cc1. The smallest absolute Gasteiger partial charge is 0.343 e. The quantitative estimate of drug-likeness (QED) is 0.165. The highest BCUT2D eigenvalue weighted by molar-refractivity contribution is 7.89. The first kappa shape index (κ1) is 26.1. The van der Waals surface area contributed by atoms with E-state index in [1.807, 2.05) is 6.92 Å². The van der Waals surface area contributed by atoms with Gasteiger partial charge >= 0.3 is 5.97 Å². The van der Waals surface area contributed by atoms with Crippen LogP contribution in [0.15, 0.2) is 76.7 Å². The van der Waals surface area contributed by atoms with Crippen LogP contribution in [0.25, 0.3) is 0 Å². The van der Waals surface area contributed by atoms with Crippen molar-refractivity contribution in [3.05, 3.63) is 82.9 Å². The number of esters is 1. The topological polar surface area (TPSA) is 103 Å². The van der Waals surface area contributed by atoms with Crippen LogP contribution in [0.1, 0.15) is 36.2 Å². The molecule has 10 heteroatoms. The fraction of sp³-hybridized carbons (Fsp3) is 0.200. The number of halogens is 1. The van der Waals surface area contributed by atoms with Crippen LogP contribution in [0.4, 0.5) is 0 Å². The summed E-state index contributed by atoms with van der Waals surface area (Å²) in [6.07, 6.45) is 2.20. The Bertz CT molecular complexity index is 1280. The zero-order chi connectivity index (χ0) is 25.3. The molecule has 3 aromatic rings. The molecule has 8 nitrogen and oxygen atoms in total. The van der Waals surface area contributed by atoms with E-state index in [4.69, 9.17) is 25.8 Å². The molecule has 3 aromatic carbocycles. The molecule has 0 saturated heterocycles. The zero-order valence-electron chi connectivity index (χ0n) is 19.2. The monoisotopic (exact) mass is 516 g/mol. The maximum Gasteiger partial charge on any atom is 0.343 e. The number of nitrogens with one attached hydrogen (secondary N) is 1. The molecule has 0 radical (unpaired) electrons. The Morgan fingerprint density at radius 1 is 0.971 bits per heavy atom. The molecule has 0 aliphatic heterocycles. The summed E-state index contributed by atoms with van der Waals surface area (Å²) in [5, 5.41) is 4.24. The Hall–Kier alpha value is -3.56. The lowest BCUT2D eigenvalue weighted by atomic mass is 10.2. The first-order valence-electron chi connectivity index (χ1n) is 10.8. The summed E-state index contributed by atoms with van der Waals surface area (Å²) in [5.74, 6) is 0.661. The maximum atomic E-state index is 12.6. The average molecular weight is 517 g/mol. The number of nitrogens with zero attached hydrogens (tertiary/aromatic N) is 1. The minimum atomic E-state index is -3.85. The zero-order valence-corrected chi connectivity index (χ0v) is 20.8. The van der Waals surface area contributed by atoms with Gasteiger partial charge in [-0.15, -0.1) is 0 Å². The van der Waals surface area contributed by atoms with E-state index in [9.17, 15) is 13.2 Å². The highest BCUT2D eigenvalue weighted by atomic mass is 35.5. The Morgan fingerprint density at radius 3 is 2.34 bits per heavy atom. The van der Waals surface area contributed by atoms with Gasteiger partial charge in [0.25, 0.3) is 10.0 Å². The summed E-state index contributed by atoms with van der Waals surface area (Å²) in [7, 11) is -3.85. The largest absolute Gasteiger partial charge is 0.494 e. The Kier molecular flexibility index (Phi) is 9.11. The van der Waals surface area contributed by atoms with Crippen LogP contribution < -0.4 is 19.0 Å². The Labute approximate surface area is 209 Å². The fourth-order valence-electron chi connectivity index (χ4n) is 2.86. The molecule has 0 spiro atoms. The summed E-state index contributed by atoms with van der Waals surface area (Å²) < 4.78 is 41.3. The Balaban J connectivity index is 1.70. The van der Waals surface area contributed by atoms with Crippen molar-refractivity contribution in [2.45, 2.75) is 25.2 Å². The van der Waals surface area contributed by atoms with Gasteiger partial charge in [0.2, 0.25) is 0 Å². The van der Waals surface area contributed by atoms with Gasteiger partial charge in [0, 0.05) is 5.02 Å². The summed E-state index contributed by atoms with van der Waals surface area (Å²) in [4.78, 5) is 14.8. The summed E-state index contributed by atoms with van der Waals surface area (Å²) in [6, 6.07) is 17.1. The number of carbonyl (C=O) groups excluding carboxylic acids is 1. The van der Waals surface area contributed by atoms with Crippen LogP contribution in [0, 0.1) is 0 Å². The number of rotatable bonds is 11. The number of hydrazone groups is 1. The normalized spacial score (nSPS) is 11.3. The minimum absolute atomic E-state index is 0.0290. The molecule has 1 N–H and O–H groups in total. The second kappa shape index (κ2) is 12.2. The molecule has 35 heavy (non-hydrogen) atoms. The Morgan fingerprint density at radius 2 is 1.69 bits per heavy atom. The van der Waals surface area contributed by atoms with E-state index in [0.717, 1.165) is 6.42 Å². The van der Waals surface area contributed by atoms with Crippen molar-refractivity contribution in [2.75, 3.05) is 13.2 Å². The summed E-state index contributed by atoms with van der Waals surface area (Å²) in [5.41, 5.74) is 0.892. The molecule has 0 unspecified atom stereocenters. The standard InChI is InChI=1S/C25H25ClN2O6S/c1-3-15-33-21-10-6-19(7-11-21)25(29)34-23-14-5-18(16-24(23)32-4-2)17-27-28-35(30,31)22-12-8-20(26)9-13-22/h5-14,16-17,28H,3-4,15H2,1-2H3/b27-17+. The second-order valence-corrected chi connectivity index (χ2v) is 9.31. The van der Waals surface area contributed by atoms with Gasteiger partial charge in [-0.05, 0) is 85.6 Å². The highest BCUT2D eigenvalue weighted by Gasteiger charge is 2.14. The van der Waals surface area contributed by atoms with Gasteiger partial charge < -0.3 is 14.2 Å². The van der Waals surface area contributed by atoms with Crippen molar-refractivity contribution >= 4 is 33.8 Å². The molecule has 0 saturated carbocycles. The predicted molar refractivity (Wildman–Crippen MR) is 134 cm³/mol. The lowest BCUT2D eigenvalue weighted by Gasteiger charge is -2.12. The maximum absolute atomic E-state index is 12.6. The molecular formula is C25H25ClN2O6S. The predicted octanol–water partition coefficient (Wildman–Crippen LogP) is 5.06. The van der Waals surface area contributed by atoms with Crippen molar-refractivity contribution < 1.29 is 27.4 Å². The molecule has 3 rings (SSSR count). The number of benzene rings is 3. The fourth-order valence-corrected chi connectivity index (χ4v) is 3.78. The van der Waals surface area contributed by atoms with Gasteiger partial charge in [0.1, 0.15) is 5.75 Å². The van der Waals surface area contributed by atoms with E-state index >= 15 is 0 Å². The first-order valence-corrected chi connectivity index (χ1v) is 12.7. The molecule has 0 aliphatic carbocycles. The van der Waals surface area contributed by atoms with E-state index < -0.39 is 16.0 Å². The molecule has 0 fully saturated rings. The van der Waals surface area contributed by atoms with Crippen LogP contribution in [0.2, 0.25) is 5.02 Å². The van der Waals surface area contributed by atoms with Crippen molar-refractivity contribution in [3.8, 4) is 17.2 Å². The van der Waals surface area contributed by atoms with Crippen LogP contribution >= 0.6 is 11.6 Å². The van der Waals surface area contributed by atoms with E-state index in [1.54, 1.807) is 49.4 Å². The van der Waals surface area contributed by atoms with Crippen LogP contribution in [0.3, 0.4) is 0 Å². The van der Waals surface area contributed by atoms with Gasteiger partial charge in [-0.2, -0.15) is 13.5 Å². The third-order valence-corrected chi connectivity index (χ3v) is 6.03. The van der Waals surface area contributed by atoms with Crippen molar-refractivity contribution in [3.63, 3.8) is 0 Å². The van der Waals surface area contributed by atoms with Gasteiger partial charge in [0.05, 0.1) is 29.9 Å². The summed E-state index contributed by atoms with van der Waals surface area (Å²) in [6.45, 7) is 4.73. The van der Waals surface area contributed by atoms with Gasteiger partial charge in [-0.1, -0.05) is 18.5 Å². The number of hydrogen-bond donors (Lipinski definition) is 1. The van der Waals surface area contributed by atoms with Crippen LogP contribution in [0.5, 0.6) is 17.2 Å². The molecule has 0 heterocycles. The lowest BCUT2D eigenvalue weighted by molar-refractivity contribution is 0.0728. The molecule has 0 aliphatic rings. The van der Waals surface area contributed by atoms with E-state index in [2.05, 4.69) is 9.93 Å². The van der Waals surface area contributed by atoms with Crippen LogP contribution in [-0.2, 0) is 10.0 Å². The van der Waals surface area contributed by atoms with E-state index in [1.165, 1.54) is 30.5 Å². The second-order valence-electron chi connectivity index (χ2n) is 7.21. The van der Waals surface area contributed by atoms with Crippen molar-refractivity contribution in [1.29, 1.82) is 0 Å². The summed E-state index contributed by atoms with van der Waals surface area (Å²) >= 11 is 5.80. The lowest BCUT2D eigenvalue weighted by Crippen LogP contribution is -2.18. The van der Waals surface area contributed by atoms with Gasteiger partial charge in [-0.25, -0.2) is 9.63 Å². The molecule has 0 atom stereocenters. The van der Waals surface area contributed by atoms with Crippen molar-refractivity contribution in [1.82, 2.24) is 4.83 Å². The van der Waals surface area contributed by atoms with Gasteiger partial charge in [-0.3, -0.25) is 0 Å². The molecule has 184 valence electrons. The molecule has 0 aromatic heterocycles. The first-order chi connectivity index (χ1) is 16.8. The number of carbonyl (C=O) groups is 1. The van der Waals surface area contributed by atoms with Crippen molar-refractivity contribution in [2.24, 2.45) is 5.10 Å². The highest BCUT2D eigenvalue weighted by Crippen LogP contribution is 2.29. The van der Waals surface area contributed by atoms with Gasteiger partial charge in [0.15, 0.2) is 11.5 Å². The number of sulfonamides is 1. The average Bonchev–Trinajstić information content (AvgIpc) is 2.85. The third kappa shape index (κ3) is 7.46. The van der Waals surface area contributed by atoms with Crippen LogP contribution in [-0.4, -0.2) is 33.8 Å². The van der Waals surface area contributed by atoms with E-state index in [0.29, 0.717) is 40.9 Å². The number of hydrogen-bond acceptors (Lipinski definition) is 7. The number of ether oxygens (including phenoxy) is 3.